The minimum atomic E-state index is -0.333. The van der Waals surface area contributed by atoms with Crippen LogP contribution in [0.5, 0.6) is 5.75 Å². The van der Waals surface area contributed by atoms with Crippen molar-refractivity contribution in [2.24, 2.45) is 0 Å². The molecular weight excluding hydrogens is 143 g/mol. The van der Waals surface area contributed by atoms with Crippen molar-refractivity contribution in [3.05, 3.63) is 29.6 Å². The highest BCUT2D eigenvalue weighted by molar-refractivity contribution is 5.29. The van der Waals surface area contributed by atoms with Gasteiger partial charge in [-0.3, -0.25) is 0 Å². The number of halogens is 1. The summed E-state index contributed by atoms with van der Waals surface area (Å²) in [5.41, 5.74) is 0.641. The molecule has 60 valence electrons. The Balaban J connectivity index is 3.09. The molecule has 0 unspecified atom stereocenters. The highest BCUT2D eigenvalue weighted by atomic mass is 19.1. The van der Waals surface area contributed by atoms with E-state index in [1.165, 1.54) is 6.07 Å². The van der Waals surface area contributed by atoms with Crippen molar-refractivity contribution < 1.29 is 9.50 Å². The van der Waals surface area contributed by atoms with Gasteiger partial charge in [0.2, 0.25) is 0 Å². The first-order valence-corrected chi connectivity index (χ1v) is 3.59. The van der Waals surface area contributed by atoms with Crippen molar-refractivity contribution >= 4 is 0 Å². The molecule has 0 aromatic heterocycles. The van der Waals surface area contributed by atoms with Crippen LogP contribution in [0.2, 0.25) is 0 Å². The summed E-state index contributed by atoms with van der Waals surface area (Å²) in [4.78, 5) is 0. The van der Waals surface area contributed by atoms with Gasteiger partial charge in [0.15, 0.2) is 0 Å². The number of rotatable bonds is 1. The standard InChI is InChI=1S/C9H11FO/c1-6(2)8-4-3-7(11)5-9(8)10/h3-6,11H,1-2H3. The van der Waals surface area contributed by atoms with E-state index in [2.05, 4.69) is 0 Å². The predicted molar refractivity (Wildman–Crippen MR) is 42.2 cm³/mol. The van der Waals surface area contributed by atoms with Crippen LogP contribution in [-0.2, 0) is 0 Å². The number of aromatic hydroxyl groups is 1. The number of phenols is 1. The molecule has 0 fully saturated rings. The van der Waals surface area contributed by atoms with Crippen LogP contribution >= 0.6 is 0 Å². The summed E-state index contributed by atoms with van der Waals surface area (Å²) in [5.74, 6) is -0.192. The fourth-order valence-electron chi connectivity index (χ4n) is 0.984. The largest absolute Gasteiger partial charge is 0.508 e. The molecule has 1 aromatic rings. The fraction of sp³-hybridized carbons (Fsp3) is 0.333. The van der Waals surface area contributed by atoms with Crippen molar-refractivity contribution in [3.8, 4) is 5.75 Å². The van der Waals surface area contributed by atoms with Crippen LogP contribution in [-0.4, -0.2) is 5.11 Å². The van der Waals surface area contributed by atoms with Gasteiger partial charge in [-0.15, -0.1) is 0 Å². The third kappa shape index (κ3) is 1.70. The molecule has 0 radical (unpaired) electrons. The molecule has 0 heterocycles. The van der Waals surface area contributed by atoms with Crippen LogP contribution in [0.25, 0.3) is 0 Å². The van der Waals surface area contributed by atoms with Crippen LogP contribution in [0.4, 0.5) is 4.39 Å². The van der Waals surface area contributed by atoms with E-state index in [4.69, 9.17) is 5.11 Å². The normalized spacial score (nSPS) is 10.5. The van der Waals surface area contributed by atoms with Crippen molar-refractivity contribution in [1.29, 1.82) is 0 Å². The Kier molecular flexibility index (Phi) is 2.13. The maximum absolute atomic E-state index is 12.9. The van der Waals surface area contributed by atoms with Gasteiger partial charge in [-0.05, 0) is 17.5 Å². The zero-order valence-corrected chi connectivity index (χ0v) is 6.63. The Morgan fingerprint density at radius 3 is 2.45 bits per heavy atom. The van der Waals surface area contributed by atoms with E-state index in [-0.39, 0.29) is 17.5 Å². The van der Waals surface area contributed by atoms with Crippen molar-refractivity contribution in [1.82, 2.24) is 0 Å². The molecule has 0 amide bonds. The lowest BCUT2D eigenvalue weighted by Gasteiger charge is -2.05. The molecule has 0 saturated carbocycles. The van der Waals surface area contributed by atoms with Gasteiger partial charge in [0.25, 0.3) is 0 Å². The van der Waals surface area contributed by atoms with Crippen LogP contribution in [0, 0.1) is 5.82 Å². The summed E-state index contributed by atoms with van der Waals surface area (Å²) in [6.07, 6.45) is 0. The average molecular weight is 154 g/mol. The summed E-state index contributed by atoms with van der Waals surface area (Å²) in [6.45, 7) is 3.82. The van der Waals surface area contributed by atoms with E-state index < -0.39 is 0 Å². The van der Waals surface area contributed by atoms with E-state index in [0.717, 1.165) is 6.07 Å². The van der Waals surface area contributed by atoms with Crippen molar-refractivity contribution in [3.63, 3.8) is 0 Å². The first kappa shape index (κ1) is 8.05. The third-order valence-corrected chi connectivity index (χ3v) is 1.61. The molecule has 2 heteroatoms. The molecule has 1 aromatic carbocycles. The van der Waals surface area contributed by atoms with Gasteiger partial charge in [0, 0.05) is 6.07 Å². The topological polar surface area (TPSA) is 20.2 Å². The molecule has 0 spiro atoms. The lowest BCUT2D eigenvalue weighted by atomic mass is 10.0. The Morgan fingerprint density at radius 1 is 1.36 bits per heavy atom. The van der Waals surface area contributed by atoms with E-state index in [1.807, 2.05) is 13.8 Å². The van der Waals surface area contributed by atoms with Crippen LogP contribution in [0.1, 0.15) is 25.3 Å². The Morgan fingerprint density at radius 2 is 2.00 bits per heavy atom. The summed E-state index contributed by atoms with van der Waals surface area (Å²) >= 11 is 0. The molecule has 0 saturated heterocycles. The molecule has 0 atom stereocenters. The number of phenolic OH excluding ortho intramolecular Hbond substituents is 1. The van der Waals surface area contributed by atoms with Crippen LogP contribution in [0.15, 0.2) is 18.2 Å². The second kappa shape index (κ2) is 2.91. The number of benzene rings is 1. The SMILES string of the molecule is CC(C)c1ccc(O)cc1F. The quantitative estimate of drug-likeness (QED) is 0.659. The second-order valence-electron chi connectivity index (χ2n) is 2.86. The Labute approximate surface area is 65.5 Å². The highest BCUT2D eigenvalue weighted by Crippen LogP contribution is 2.21. The van der Waals surface area contributed by atoms with Gasteiger partial charge in [0.1, 0.15) is 11.6 Å². The highest BCUT2D eigenvalue weighted by Gasteiger charge is 2.05. The molecular formula is C9H11FO. The van der Waals surface area contributed by atoms with E-state index in [0.29, 0.717) is 5.56 Å². The summed E-state index contributed by atoms with van der Waals surface area (Å²) in [7, 11) is 0. The number of hydrogen-bond donors (Lipinski definition) is 1. The number of hydrogen-bond acceptors (Lipinski definition) is 1. The van der Waals surface area contributed by atoms with E-state index in [1.54, 1.807) is 6.07 Å². The fourth-order valence-corrected chi connectivity index (χ4v) is 0.984. The Bertz CT molecular complexity index is 256. The molecule has 0 bridgehead atoms. The van der Waals surface area contributed by atoms with Gasteiger partial charge in [-0.1, -0.05) is 19.9 Å². The summed E-state index contributed by atoms with van der Waals surface area (Å²) < 4.78 is 12.9. The summed E-state index contributed by atoms with van der Waals surface area (Å²) in [6, 6.07) is 4.24. The minimum Gasteiger partial charge on any atom is -0.508 e. The van der Waals surface area contributed by atoms with Crippen molar-refractivity contribution in [2.75, 3.05) is 0 Å². The van der Waals surface area contributed by atoms with Gasteiger partial charge in [-0.2, -0.15) is 0 Å². The molecule has 1 N–H and O–H groups in total. The molecule has 1 rings (SSSR count). The lowest BCUT2D eigenvalue weighted by molar-refractivity contribution is 0.467. The van der Waals surface area contributed by atoms with Gasteiger partial charge >= 0.3 is 0 Å². The van der Waals surface area contributed by atoms with E-state index >= 15 is 0 Å². The first-order valence-electron chi connectivity index (χ1n) is 3.59. The zero-order valence-electron chi connectivity index (χ0n) is 6.63. The smallest absolute Gasteiger partial charge is 0.130 e. The predicted octanol–water partition coefficient (Wildman–Crippen LogP) is 2.65. The minimum absolute atomic E-state index is 0.0214. The van der Waals surface area contributed by atoms with Crippen LogP contribution < -0.4 is 0 Å². The van der Waals surface area contributed by atoms with Crippen molar-refractivity contribution in [2.45, 2.75) is 19.8 Å². The third-order valence-electron chi connectivity index (χ3n) is 1.61. The Hall–Kier alpha value is -1.05. The first-order chi connectivity index (χ1) is 5.11. The maximum atomic E-state index is 12.9. The maximum Gasteiger partial charge on any atom is 0.130 e. The van der Waals surface area contributed by atoms with E-state index in [9.17, 15) is 4.39 Å². The van der Waals surface area contributed by atoms with Crippen LogP contribution in [0.3, 0.4) is 0 Å². The second-order valence-corrected chi connectivity index (χ2v) is 2.86. The molecule has 1 nitrogen and oxygen atoms in total. The summed E-state index contributed by atoms with van der Waals surface area (Å²) in [5, 5.41) is 8.88. The van der Waals surface area contributed by atoms with Gasteiger partial charge in [0.05, 0.1) is 0 Å². The van der Waals surface area contributed by atoms with Gasteiger partial charge < -0.3 is 5.11 Å². The molecule has 0 aliphatic carbocycles. The molecule has 0 aliphatic heterocycles. The average Bonchev–Trinajstić information content (AvgIpc) is 1.85. The molecule has 11 heavy (non-hydrogen) atoms. The van der Waals surface area contributed by atoms with Gasteiger partial charge in [-0.25, -0.2) is 4.39 Å². The monoisotopic (exact) mass is 154 g/mol. The lowest BCUT2D eigenvalue weighted by Crippen LogP contribution is -1.91. The molecule has 0 aliphatic rings. The zero-order chi connectivity index (χ0) is 8.43.